The van der Waals surface area contributed by atoms with E-state index in [9.17, 15) is 0 Å². The minimum Gasteiger partial charge on any atom is -0.458 e. The Morgan fingerprint density at radius 1 is 1.00 bits per heavy atom. The van der Waals surface area contributed by atoms with Crippen LogP contribution >= 0.6 is 0 Å². The van der Waals surface area contributed by atoms with Gasteiger partial charge in [0, 0.05) is 0 Å². The summed E-state index contributed by atoms with van der Waals surface area (Å²) < 4.78 is 6.15. The number of fused-ring (bicyclic) bond motifs is 1. The average molecular weight is 289 g/mol. The zero-order chi connectivity index (χ0) is 14.2. The van der Waals surface area contributed by atoms with Gasteiger partial charge in [-0.25, -0.2) is 0 Å². The molecule has 103 valence electrons. The number of para-hydroxylation sites is 1. The van der Waals surface area contributed by atoms with Crippen molar-refractivity contribution >= 4 is 19.2 Å². The molecule has 0 saturated heterocycles. The van der Waals surface area contributed by atoms with E-state index in [2.05, 4.69) is 73.7 Å². The van der Waals surface area contributed by atoms with Gasteiger partial charge >= 0.3 is 0 Å². The van der Waals surface area contributed by atoms with E-state index >= 15 is 0 Å². The zero-order valence-corrected chi connectivity index (χ0v) is 13.0. The van der Waals surface area contributed by atoms with Gasteiger partial charge < -0.3 is 4.74 Å². The topological polar surface area (TPSA) is 9.23 Å². The van der Waals surface area contributed by atoms with Gasteiger partial charge in [0.2, 0.25) is 0 Å². The average Bonchev–Trinajstić information content (AvgIpc) is 2.53. The Morgan fingerprint density at radius 3 is 2.62 bits per heavy atom. The van der Waals surface area contributed by atoms with Crippen LogP contribution in [0.1, 0.15) is 13.3 Å². The van der Waals surface area contributed by atoms with Crippen LogP contribution in [0.5, 0.6) is 5.75 Å². The lowest BCUT2D eigenvalue weighted by Crippen LogP contribution is -2.48. The Kier molecular flexibility index (Phi) is 3.04. The van der Waals surface area contributed by atoms with Gasteiger partial charge in [-0.2, -0.15) is 0 Å². The number of benzene rings is 2. The Morgan fingerprint density at radius 2 is 1.76 bits per heavy atom. The molecule has 1 aliphatic carbocycles. The summed E-state index contributed by atoms with van der Waals surface area (Å²) in [5.74, 6) is 2.72. The predicted octanol–water partition coefficient (Wildman–Crippen LogP) is 3.08. The maximum Gasteiger partial charge on any atom is 0.159 e. The number of ether oxygens (including phenoxy) is 1. The van der Waals surface area contributed by atoms with Crippen LogP contribution in [0.2, 0.25) is 0 Å². The first-order valence-corrected chi connectivity index (χ1v) is 8.94. The normalized spacial score (nSPS) is 20.7. The van der Waals surface area contributed by atoms with Crippen LogP contribution in [-0.2, 0) is 0 Å². The molecule has 2 aromatic rings. The molecule has 0 saturated carbocycles. The molecule has 1 nitrogen and oxygen atoms in total. The molecular weight excluding hydrogens is 272 g/mol. The molecular formula is C19H17OSi. The molecule has 0 N–H and O–H groups in total. The SMILES string of the molecule is CC1C=CC2=C(C1)[Si](c1ccccc1)c1ccccc1O2. The Hall–Kier alpha value is -2.06. The van der Waals surface area contributed by atoms with E-state index in [0.717, 1.165) is 17.9 Å². The van der Waals surface area contributed by atoms with Crippen molar-refractivity contribution in [1.82, 2.24) is 0 Å². The first-order valence-electron chi connectivity index (χ1n) is 7.44. The maximum absolute atomic E-state index is 6.15. The summed E-state index contributed by atoms with van der Waals surface area (Å²) in [6.45, 7) is 2.28. The maximum atomic E-state index is 6.15. The molecule has 0 amide bonds. The summed E-state index contributed by atoms with van der Waals surface area (Å²) in [4.78, 5) is 0. The van der Waals surface area contributed by atoms with Crippen molar-refractivity contribution in [3.63, 3.8) is 0 Å². The highest BCUT2D eigenvalue weighted by molar-refractivity contribution is 6.91. The van der Waals surface area contributed by atoms with Crippen molar-refractivity contribution < 1.29 is 4.74 Å². The van der Waals surface area contributed by atoms with Gasteiger partial charge in [0.25, 0.3) is 0 Å². The molecule has 1 atom stereocenters. The van der Waals surface area contributed by atoms with E-state index in [0.29, 0.717) is 5.92 Å². The molecule has 1 aliphatic heterocycles. The molecule has 1 heterocycles. The second kappa shape index (κ2) is 5.04. The van der Waals surface area contributed by atoms with Crippen LogP contribution in [0, 0.1) is 5.92 Å². The predicted molar refractivity (Wildman–Crippen MR) is 88.5 cm³/mol. The number of hydrogen-bond acceptors (Lipinski definition) is 1. The molecule has 1 radical (unpaired) electrons. The molecule has 2 aliphatic rings. The molecule has 2 heteroatoms. The third-order valence-electron chi connectivity index (χ3n) is 4.14. The van der Waals surface area contributed by atoms with Gasteiger partial charge in [-0.15, -0.1) is 0 Å². The van der Waals surface area contributed by atoms with Crippen molar-refractivity contribution in [1.29, 1.82) is 0 Å². The smallest absolute Gasteiger partial charge is 0.159 e. The van der Waals surface area contributed by atoms with E-state index in [4.69, 9.17) is 4.74 Å². The summed E-state index contributed by atoms with van der Waals surface area (Å²) in [6.07, 6.45) is 5.55. The van der Waals surface area contributed by atoms with Crippen molar-refractivity contribution in [3.8, 4) is 5.75 Å². The molecule has 2 aromatic carbocycles. The lowest BCUT2D eigenvalue weighted by Gasteiger charge is -2.32. The zero-order valence-electron chi connectivity index (χ0n) is 12.0. The highest BCUT2D eigenvalue weighted by atomic mass is 28.3. The molecule has 0 spiro atoms. The molecule has 4 rings (SSSR count). The van der Waals surface area contributed by atoms with Crippen LogP contribution in [0.25, 0.3) is 0 Å². The fourth-order valence-electron chi connectivity index (χ4n) is 3.14. The minimum absolute atomic E-state index is 0.598. The highest BCUT2D eigenvalue weighted by Gasteiger charge is 2.33. The molecule has 0 bridgehead atoms. The van der Waals surface area contributed by atoms with Crippen LogP contribution in [0.4, 0.5) is 0 Å². The van der Waals surface area contributed by atoms with Crippen LogP contribution in [0.15, 0.2) is 77.7 Å². The van der Waals surface area contributed by atoms with Gasteiger partial charge in [0.15, 0.2) is 8.80 Å². The van der Waals surface area contributed by atoms with Gasteiger partial charge in [-0.05, 0) is 34.9 Å². The number of rotatable bonds is 1. The minimum atomic E-state index is -0.910. The van der Waals surface area contributed by atoms with E-state index in [1.165, 1.54) is 15.6 Å². The second-order valence-corrected chi connectivity index (χ2v) is 8.19. The lowest BCUT2D eigenvalue weighted by atomic mass is 10.0. The van der Waals surface area contributed by atoms with Crippen molar-refractivity contribution in [3.05, 3.63) is 77.7 Å². The van der Waals surface area contributed by atoms with Crippen LogP contribution < -0.4 is 15.1 Å². The third kappa shape index (κ3) is 2.16. The fraction of sp³-hybridized carbons (Fsp3) is 0.158. The summed E-state index contributed by atoms with van der Waals surface area (Å²) in [6, 6.07) is 19.4. The third-order valence-corrected chi connectivity index (χ3v) is 7.06. The first-order chi connectivity index (χ1) is 10.3. The van der Waals surface area contributed by atoms with Crippen molar-refractivity contribution in [2.45, 2.75) is 13.3 Å². The number of hydrogen-bond donors (Lipinski definition) is 0. The largest absolute Gasteiger partial charge is 0.458 e. The Balaban J connectivity index is 1.91. The lowest BCUT2D eigenvalue weighted by molar-refractivity contribution is 0.431. The van der Waals surface area contributed by atoms with Crippen LogP contribution in [-0.4, -0.2) is 8.80 Å². The quantitative estimate of drug-likeness (QED) is 0.733. The van der Waals surface area contributed by atoms with E-state index in [1.807, 2.05) is 0 Å². The fourth-order valence-corrected chi connectivity index (χ4v) is 6.20. The second-order valence-electron chi connectivity index (χ2n) is 5.72. The molecule has 0 aromatic heterocycles. The van der Waals surface area contributed by atoms with Crippen molar-refractivity contribution in [2.24, 2.45) is 5.92 Å². The highest BCUT2D eigenvalue weighted by Crippen LogP contribution is 2.31. The Bertz CT molecular complexity index is 730. The molecule has 1 unspecified atom stereocenters. The Labute approximate surface area is 127 Å². The standard InChI is InChI=1S/C19H17OSi/c1-14-11-12-17-19(13-14)21(15-7-3-2-4-8-15)18-10-6-5-9-16(18)20-17/h2-12,14H,13H2,1H3. The van der Waals surface area contributed by atoms with E-state index in [1.54, 1.807) is 0 Å². The van der Waals surface area contributed by atoms with Crippen LogP contribution in [0.3, 0.4) is 0 Å². The van der Waals surface area contributed by atoms with Crippen molar-refractivity contribution in [2.75, 3.05) is 0 Å². The monoisotopic (exact) mass is 289 g/mol. The summed E-state index contributed by atoms with van der Waals surface area (Å²) in [5.41, 5.74) is 0. The van der Waals surface area contributed by atoms with Gasteiger partial charge in [-0.1, -0.05) is 66.7 Å². The summed E-state index contributed by atoms with van der Waals surface area (Å²) >= 11 is 0. The van der Waals surface area contributed by atoms with Gasteiger partial charge in [0.1, 0.15) is 11.5 Å². The summed E-state index contributed by atoms with van der Waals surface area (Å²) in [7, 11) is -0.910. The van der Waals surface area contributed by atoms with Gasteiger partial charge in [-0.3, -0.25) is 0 Å². The first kappa shape index (κ1) is 12.7. The van der Waals surface area contributed by atoms with E-state index in [-0.39, 0.29) is 0 Å². The summed E-state index contributed by atoms with van der Waals surface area (Å²) in [5, 5.41) is 4.35. The van der Waals surface area contributed by atoms with E-state index < -0.39 is 8.80 Å². The number of allylic oxidation sites excluding steroid dienone is 3. The molecule has 0 fully saturated rings. The molecule has 21 heavy (non-hydrogen) atoms. The van der Waals surface area contributed by atoms with Gasteiger partial charge in [0.05, 0.1) is 0 Å².